The lowest BCUT2D eigenvalue weighted by Gasteiger charge is -2.07. The fourth-order valence-corrected chi connectivity index (χ4v) is 1.59. The van der Waals surface area contributed by atoms with Gasteiger partial charge in [-0.2, -0.15) is 0 Å². The lowest BCUT2D eigenvalue weighted by atomic mass is 10.0. The molecule has 14 heavy (non-hydrogen) atoms. The molecule has 0 aliphatic heterocycles. The summed E-state index contributed by atoms with van der Waals surface area (Å²) in [5.74, 6) is 0. The molecule has 0 bridgehead atoms. The number of fused-ring (bicyclic) bond motifs is 1. The Kier molecular flexibility index (Phi) is 2.55. The van der Waals surface area contributed by atoms with Gasteiger partial charge in [-0.3, -0.25) is 0 Å². The molecule has 0 spiro atoms. The van der Waals surface area contributed by atoms with Gasteiger partial charge >= 0.3 is 0 Å². The first-order chi connectivity index (χ1) is 6.79. The number of rotatable bonds is 3. The second kappa shape index (κ2) is 3.84. The van der Waals surface area contributed by atoms with Crippen molar-refractivity contribution in [3.63, 3.8) is 0 Å². The molecule has 0 saturated carbocycles. The molecule has 0 radical (unpaired) electrons. The van der Waals surface area contributed by atoms with E-state index in [1.54, 1.807) is 6.26 Å². The number of hydrogen-bond acceptors (Lipinski definition) is 2. The molecule has 2 rings (SSSR count). The second-order valence-electron chi connectivity index (χ2n) is 3.67. The number of nitrogens with two attached hydrogens (primary N) is 1. The first-order valence-electron chi connectivity index (χ1n) is 5.01. The summed E-state index contributed by atoms with van der Waals surface area (Å²) in [6.07, 6.45) is 3.68. The summed E-state index contributed by atoms with van der Waals surface area (Å²) in [7, 11) is 0. The van der Waals surface area contributed by atoms with E-state index in [4.69, 9.17) is 10.2 Å². The third kappa shape index (κ3) is 1.80. The molecule has 1 atom stereocenters. The smallest absolute Gasteiger partial charge is 0.133 e. The van der Waals surface area contributed by atoms with Crippen molar-refractivity contribution in [2.75, 3.05) is 0 Å². The molecule has 2 aromatic rings. The van der Waals surface area contributed by atoms with Crippen LogP contribution in [0.3, 0.4) is 0 Å². The summed E-state index contributed by atoms with van der Waals surface area (Å²) in [5, 5.41) is 1.16. The molecule has 0 aliphatic carbocycles. The first-order valence-corrected chi connectivity index (χ1v) is 5.01. The van der Waals surface area contributed by atoms with Crippen LogP contribution in [0.4, 0.5) is 0 Å². The van der Waals surface area contributed by atoms with Gasteiger partial charge in [0, 0.05) is 11.4 Å². The van der Waals surface area contributed by atoms with E-state index in [9.17, 15) is 0 Å². The third-order valence-electron chi connectivity index (χ3n) is 2.54. The Morgan fingerprint density at radius 3 is 3.00 bits per heavy atom. The molecule has 0 amide bonds. The van der Waals surface area contributed by atoms with Crippen molar-refractivity contribution >= 4 is 11.0 Å². The predicted octanol–water partition coefficient (Wildman–Crippen LogP) is 2.71. The van der Waals surface area contributed by atoms with Crippen molar-refractivity contribution in [3.8, 4) is 0 Å². The highest BCUT2D eigenvalue weighted by molar-refractivity contribution is 5.77. The van der Waals surface area contributed by atoms with E-state index in [-0.39, 0.29) is 6.04 Å². The van der Waals surface area contributed by atoms with Gasteiger partial charge in [0.25, 0.3) is 0 Å². The van der Waals surface area contributed by atoms with E-state index in [2.05, 4.69) is 19.1 Å². The van der Waals surface area contributed by atoms with Gasteiger partial charge < -0.3 is 10.2 Å². The van der Waals surface area contributed by atoms with E-state index in [0.717, 1.165) is 23.8 Å². The summed E-state index contributed by atoms with van der Waals surface area (Å²) < 4.78 is 5.27. The Morgan fingerprint density at radius 2 is 2.21 bits per heavy atom. The molecule has 74 valence electrons. The number of benzene rings is 1. The van der Waals surface area contributed by atoms with Gasteiger partial charge in [0.05, 0.1) is 6.26 Å². The summed E-state index contributed by atoms with van der Waals surface area (Å²) in [5.41, 5.74) is 8.13. The topological polar surface area (TPSA) is 39.2 Å². The van der Waals surface area contributed by atoms with Gasteiger partial charge in [0.15, 0.2) is 0 Å². The van der Waals surface area contributed by atoms with E-state index in [1.807, 2.05) is 12.1 Å². The molecule has 0 fully saturated rings. The highest BCUT2D eigenvalue weighted by Crippen LogP contribution is 2.17. The van der Waals surface area contributed by atoms with E-state index >= 15 is 0 Å². The SMILES string of the molecule is CC[C@H](N)Cc1ccc2occc2c1. The minimum Gasteiger partial charge on any atom is -0.464 e. The third-order valence-corrected chi connectivity index (χ3v) is 2.54. The molecule has 1 aromatic carbocycles. The van der Waals surface area contributed by atoms with Crippen molar-refractivity contribution < 1.29 is 4.42 Å². The van der Waals surface area contributed by atoms with Crippen LogP contribution in [0.25, 0.3) is 11.0 Å². The van der Waals surface area contributed by atoms with Gasteiger partial charge in [-0.05, 0) is 36.6 Å². The molecular formula is C12H15NO. The average molecular weight is 189 g/mol. The molecule has 0 unspecified atom stereocenters. The van der Waals surface area contributed by atoms with Crippen LogP contribution in [-0.2, 0) is 6.42 Å². The highest BCUT2D eigenvalue weighted by atomic mass is 16.3. The van der Waals surface area contributed by atoms with Crippen molar-refractivity contribution in [1.29, 1.82) is 0 Å². The zero-order chi connectivity index (χ0) is 9.97. The molecule has 0 saturated heterocycles. The first kappa shape index (κ1) is 9.28. The van der Waals surface area contributed by atoms with Gasteiger partial charge in [-0.1, -0.05) is 13.0 Å². The maximum absolute atomic E-state index is 5.90. The van der Waals surface area contributed by atoms with Crippen molar-refractivity contribution in [2.24, 2.45) is 5.73 Å². The van der Waals surface area contributed by atoms with Crippen LogP contribution in [-0.4, -0.2) is 6.04 Å². The van der Waals surface area contributed by atoms with Crippen molar-refractivity contribution in [3.05, 3.63) is 36.1 Å². The molecular weight excluding hydrogens is 174 g/mol. The largest absolute Gasteiger partial charge is 0.464 e. The van der Waals surface area contributed by atoms with Gasteiger partial charge in [-0.15, -0.1) is 0 Å². The van der Waals surface area contributed by atoms with Crippen molar-refractivity contribution in [2.45, 2.75) is 25.8 Å². The Bertz CT molecular complexity index is 419. The summed E-state index contributed by atoms with van der Waals surface area (Å²) >= 11 is 0. The minimum absolute atomic E-state index is 0.263. The summed E-state index contributed by atoms with van der Waals surface area (Å²) in [4.78, 5) is 0. The highest BCUT2D eigenvalue weighted by Gasteiger charge is 2.03. The zero-order valence-corrected chi connectivity index (χ0v) is 8.36. The fourth-order valence-electron chi connectivity index (χ4n) is 1.59. The van der Waals surface area contributed by atoms with Crippen LogP contribution in [0.1, 0.15) is 18.9 Å². The van der Waals surface area contributed by atoms with Crippen LogP contribution >= 0.6 is 0 Å². The zero-order valence-electron chi connectivity index (χ0n) is 8.36. The van der Waals surface area contributed by atoms with E-state index < -0.39 is 0 Å². The second-order valence-corrected chi connectivity index (χ2v) is 3.67. The van der Waals surface area contributed by atoms with Crippen LogP contribution in [0.5, 0.6) is 0 Å². The van der Waals surface area contributed by atoms with Crippen molar-refractivity contribution in [1.82, 2.24) is 0 Å². The number of furan rings is 1. The molecule has 2 N–H and O–H groups in total. The van der Waals surface area contributed by atoms with Gasteiger partial charge in [-0.25, -0.2) is 0 Å². The average Bonchev–Trinajstić information content (AvgIpc) is 2.64. The van der Waals surface area contributed by atoms with Crippen LogP contribution in [0, 0.1) is 0 Å². The standard InChI is InChI=1S/C12H15NO/c1-2-11(13)8-9-3-4-12-10(7-9)5-6-14-12/h3-7,11H,2,8,13H2,1H3/t11-/m0/s1. The van der Waals surface area contributed by atoms with Gasteiger partial charge in [0.1, 0.15) is 5.58 Å². The summed E-state index contributed by atoms with van der Waals surface area (Å²) in [6.45, 7) is 2.11. The fraction of sp³-hybridized carbons (Fsp3) is 0.333. The van der Waals surface area contributed by atoms with Crippen LogP contribution in [0.2, 0.25) is 0 Å². The van der Waals surface area contributed by atoms with E-state index in [0.29, 0.717) is 0 Å². The molecule has 2 heteroatoms. The van der Waals surface area contributed by atoms with Crippen LogP contribution in [0.15, 0.2) is 34.9 Å². The lowest BCUT2D eigenvalue weighted by Crippen LogP contribution is -2.21. The monoisotopic (exact) mass is 189 g/mol. The Morgan fingerprint density at radius 1 is 1.36 bits per heavy atom. The van der Waals surface area contributed by atoms with E-state index in [1.165, 1.54) is 5.56 Å². The Hall–Kier alpha value is -1.28. The lowest BCUT2D eigenvalue weighted by molar-refractivity contribution is 0.615. The summed E-state index contributed by atoms with van der Waals surface area (Å²) in [6, 6.07) is 8.48. The quantitative estimate of drug-likeness (QED) is 0.806. The normalized spacial score (nSPS) is 13.3. The Labute approximate surface area is 83.7 Å². The maximum atomic E-state index is 5.90. The molecule has 2 nitrogen and oxygen atoms in total. The van der Waals surface area contributed by atoms with Crippen LogP contribution < -0.4 is 5.73 Å². The molecule has 0 aliphatic rings. The maximum Gasteiger partial charge on any atom is 0.133 e. The number of hydrogen-bond donors (Lipinski definition) is 1. The molecule has 1 heterocycles. The minimum atomic E-state index is 0.263. The molecule has 1 aromatic heterocycles. The Balaban J connectivity index is 2.25. The predicted molar refractivity (Wildman–Crippen MR) is 58.2 cm³/mol. The van der Waals surface area contributed by atoms with Gasteiger partial charge in [0.2, 0.25) is 0 Å².